The first-order valence-corrected chi connectivity index (χ1v) is 6.06. The SMILES string of the molecule is CC(C)(C)c1c(O)ccc(C(=O)O)c1C(C)(C)C. The van der Waals surface area contributed by atoms with Crippen molar-refractivity contribution in [3.8, 4) is 5.75 Å². The molecule has 0 saturated carbocycles. The Balaban J connectivity index is 3.79. The molecular weight excluding hydrogens is 228 g/mol. The molecule has 3 heteroatoms. The molecule has 0 bridgehead atoms. The van der Waals surface area contributed by atoms with Crippen LogP contribution in [0.25, 0.3) is 0 Å². The van der Waals surface area contributed by atoms with Gasteiger partial charge in [0.15, 0.2) is 0 Å². The minimum Gasteiger partial charge on any atom is -0.508 e. The zero-order valence-electron chi connectivity index (χ0n) is 12.0. The fraction of sp³-hybridized carbons (Fsp3) is 0.533. The number of carboxylic acids is 1. The van der Waals surface area contributed by atoms with E-state index < -0.39 is 5.97 Å². The molecule has 0 saturated heterocycles. The van der Waals surface area contributed by atoms with Crippen molar-refractivity contribution < 1.29 is 15.0 Å². The summed E-state index contributed by atoms with van der Waals surface area (Å²) in [4.78, 5) is 11.4. The summed E-state index contributed by atoms with van der Waals surface area (Å²) in [5, 5.41) is 19.4. The van der Waals surface area contributed by atoms with Crippen LogP contribution in [0, 0.1) is 0 Å². The highest BCUT2D eigenvalue weighted by atomic mass is 16.4. The number of carbonyl (C=O) groups is 1. The van der Waals surface area contributed by atoms with E-state index in [-0.39, 0.29) is 22.1 Å². The molecule has 1 rings (SSSR count). The third kappa shape index (κ3) is 2.66. The van der Waals surface area contributed by atoms with E-state index in [1.807, 2.05) is 41.5 Å². The molecule has 0 atom stereocenters. The van der Waals surface area contributed by atoms with Crippen molar-refractivity contribution >= 4 is 5.97 Å². The summed E-state index contributed by atoms with van der Waals surface area (Å²) in [5.41, 5.74) is 1.05. The van der Waals surface area contributed by atoms with Gasteiger partial charge in [-0.2, -0.15) is 0 Å². The van der Waals surface area contributed by atoms with Gasteiger partial charge in [-0.1, -0.05) is 41.5 Å². The number of hydrogen-bond donors (Lipinski definition) is 2. The lowest BCUT2D eigenvalue weighted by atomic mass is 9.72. The smallest absolute Gasteiger partial charge is 0.335 e. The molecule has 0 aliphatic rings. The summed E-state index contributed by atoms with van der Waals surface area (Å²) >= 11 is 0. The molecule has 0 fully saturated rings. The van der Waals surface area contributed by atoms with E-state index in [9.17, 15) is 15.0 Å². The maximum atomic E-state index is 11.4. The van der Waals surface area contributed by atoms with Crippen LogP contribution in [0.1, 0.15) is 63.0 Å². The number of benzene rings is 1. The fourth-order valence-corrected chi connectivity index (χ4v) is 2.31. The Morgan fingerprint density at radius 3 is 1.72 bits per heavy atom. The van der Waals surface area contributed by atoms with Crippen LogP contribution in [0.15, 0.2) is 12.1 Å². The monoisotopic (exact) mass is 250 g/mol. The Kier molecular flexibility index (Phi) is 3.48. The van der Waals surface area contributed by atoms with Gasteiger partial charge >= 0.3 is 5.97 Å². The van der Waals surface area contributed by atoms with Crippen LogP contribution in [-0.4, -0.2) is 16.2 Å². The molecule has 2 N–H and O–H groups in total. The largest absolute Gasteiger partial charge is 0.508 e. The number of aromatic carboxylic acids is 1. The fourth-order valence-electron chi connectivity index (χ4n) is 2.31. The van der Waals surface area contributed by atoms with Crippen molar-refractivity contribution in [2.24, 2.45) is 0 Å². The number of aromatic hydroxyl groups is 1. The molecule has 3 nitrogen and oxygen atoms in total. The minimum atomic E-state index is -0.953. The van der Waals surface area contributed by atoms with Gasteiger partial charge in [0.1, 0.15) is 5.75 Å². The lowest BCUT2D eigenvalue weighted by molar-refractivity contribution is 0.0694. The number of carboxylic acid groups (broad SMARTS) is 1. The Labute approximate surface area is 108 Å². The predicted molar refractivity (Wildman–Crippen MR) is 72.5 cm³/mol. The van der Waals surface area contributed by atoms with Gasteiger partial charge in [-0.25, -0.2) is 4.79 Å². The first kappa shape index (κ1) is 14.6. The molecule has 0 heterocycles. The van der Waals surface area contributed by atoms with Crippen molar-refractivity contribution in [3.63, 3.8) is 0 Å². The summed E-state index contributed by atoms with van der Waals surface area (Å²) in [7, 11) is 0. The molecule has 0 spiro atoms. The molecule has 0 radical (unpaired) electrons. The van der Waals surface area contributed by atoms with Gasteiger partial charge in [-0.15, -0.1) is 0 Å². The molecule has 18 heavy (non-hydrogen) atoms. The Morgan fingerprint density at radius 2 is 1.39 bits per heavy atom. The molecule has 0 aliphatic heterocycles. The second kappa shape index (κ2) is 4.30. The summed E-state index contributed by atoms with van der Waals surface area (Å²) in [6.45, 7) is 11.8. The van der Waals surface area contributed by atoms with Crippen LogP contribution in [0.3, 0.4) is 0 Å². The number of phenolic OH excluding ortho intramolecular Hbond substituents is 1. The number of phenols is 1. The van der Waals surface area contributed by atoms with Gasteiger partial charge in [-0.05, 0) is 28.5 Å². The summed E-state index contributed by atoms with van der Waals surface area (Å²) in [5.74, 6) is -0.789. The maximum Gasteiger partial charge on any atom is 0.335 e. The van der Waals surface area contributed by atoms with E-state index in [4.69, 9.17) is 0 Å². The average molecular weight is 250 g/mol. The molecular formula is C15H22O3. The van der Waals surface area contributed by atoms with E-state index in [2.05, 4.69) is 0 Å². The van der Waals surface area contributed by atoms with Crippen LogP contribution in [0.2, 0.25) is 0 Å². The van der Waals surface area contributed by atoms with Gasteiger partial charge < -0.3 is 10.2 Å². The van der Waals surface area contributed by atoms with Crippen molar-refractivity contribution in [1.82, 2.24) is 0 Å². The van der Waals surface area contributed by atoms with Crippen molar-refractivity contribution in [2.75, 3.05) is 0 Å². The van der Waals surface area contributed by atoms with Crippen molar-refractivity contribution in [3.05, 3.63) is 28.8 Å². The predicted octanol–water partition coefficient (Wildman–Crippen LogP) is 3.69. The Morgan fingerprint density at radius 1 is 0.944 bits per heavy atom. The normalized spacial score (nSPS) is 12.6. The molecule has 0 aliphatic carbocycles. The standard InChI is InChI=1S/C15H22O3/c1-14(2,3)11-9(13(17)18)7-8-10(16)12(11)15(4,5)6/h7-8,16H,1-6H3,(H,17,18). The summed E-state index contributed by atoms with van der Waals surface area (Å²) in [6.07, 6.45) is 0. The molecule has 0 unspecified atom stereocenters. The van der Waals surface area contributed by atoms with Crippen molar-refractivity contribution in [1.29, 1.82) is 0 Å². The van der Waals surface area contributed by atoms with Gasteiger partial charge in [-0.3, -0.25) is 0 Å². The van der Waals surface area contributed by atoms with E-state index in [1.165, 1.54) is 12.1 Å². The number of rotatable bonds is 1. The zero-order chi connectivity index (χ0) is 14.3. The van der Waals surface area contributed by atoms with Crippen molar-refractivity contribution in [2.45, 2.75) is 52.4 Å². The van der Waals surface area contributed by atoms with Gasteiger partial charge in [0.25, 0.3) is 0 Å². The van der Waals surface area contributed by atoms with Crippen LogP contribution in [0.4, 0.5) is 0 Å². The highest BCUT2D eigenvalue weighted by Crippen LogP contribution is 2.41. The van der Waals surface area contributed by atoms with E-state index in [0.717, 1.165) is 5.56 Å². The Hall–Kier alpha value is -1.51. The molecule has 0 amide bonds. The second-order valence-corrected chi connectivity index (χ2v) is 6.69. The van der Waals surface area contributed by atoms with E-state index in [0.29, 0.717) is 5.56 Å². The van der Waals surface area contributed by atoms with E-state index >= 15 is 0 Å². The average Bonchev–Trinajstić information content (AvgIpc) is 2.13. The summed E-state index contributed by atoms with van der Waals surface area (Å²) in [6, 6.07) is 2.95. The van der Waals surface area contributed by atoms with Crippen LogP contribution in [-0.2, 0) is 10.8 Å². The molecule has 1 aromatic carbocycles. The first-order chi connectivity index (χ1) is 7.96. The minimum absolute atomic E-state index is 0.164. The van der Waals surface area contributed by atoms with Crippen LogP contribution < -0.4 is 0 Å². The lowest BCUT2D eigenvalue weighted by Gasteiger charge is -2.32. The maximum absolute atomic E-state index is 11.4. The lowest BCUT2D eigenvalue weighted by Crippen LogP contribution is -2.25. The third-order valence-electron chi connectivity index (χ3n) is 2.91. The van der Waals surface area contributed by atoms with Gasteiger partial charge in [0, 0.05) is 5.56 Å². The molecule has 0 aromatic heterocycles. The summed E-state index contributed by atoms with van der Waals surface area (Å²) < 4.78 is 0. The number of hydrogen-bond acceptors (Lipinski definition) is 2. The van der Waals surface area contributed by atoms with Crippen LogP contribution in [0.5, 0.6) is 5.75 Å². The van der Waals surface area contributed by atoms with E-state index in [1.54, 1.807) is 0 Å². The van der Waals surface area contributed by atoms with Gasteiger partial charge in [0.2, 0.25) is 0 Å². The zero-order valence-corrected chi connectivity index (χ0v) is 12.0. The topological polar surface area (TPSA) is 57.5 Å². The second-order valence-electron chi connectivity index (χ2n) is 6.69. The Bertz CT molecular complexity index is 474. The quantitative estimate of drug-likeness (QED) is 0.799. The van der Waals surface area contributed by atoms with Gasteiger partial charge in [0.05, 0.1) is 5.56 Å². The third-order valence-corrected chi connectivity index (χ3v) is 2.91. The highest BCUT2D eigenvalue weighted by molar-refractivity contribution is 5.91. The molecule has 1 aromatic rings. The highest BCUT2D eigenvalue weighted by Gasteiger charge is 2.32. The van der Waals surface area contributed by atoms with Crippen LogP contribution >= 0.6 is 0 Å². The first-order valence-electron chi connectivity index (χ1n) is 6.06. The molecule has 100 valence electrons.